The normalized spacial score (nSPS) is 17.0. The Morgan fingerprint density at radius 3 is 2.40 bits per heavy atom. The Kier molecular flexibility index (Phi) is 6.80. The Labute approximate surface area is 181 Å². The first-order valence-corrected chi connectivity index (χ1v) is 11.3. The van der Waals surface area contributed by atoms with Gasteiger partial charge in [-0.05, 0) is 62.1 Å². The lowest BCUT2D eigenvalue weighted by atomic mass is 10.1. The molecule has 0 radical (unpaired) electrons. The number of para-hydroxylation sites is 1. The second-order valence-electron chi connectivity index (χ2n) is 7.15. The summed E-state index contributed by atoms with van der Waals surface area (Å²) >= 11 is 5.83. The van der Waals surface area contributed by atoms with Gasteiger partial charge in [-0.3, -0.25) is 9.59 Å². The molecule has 160 valence electrons. The monoisotopic (exact) mass is 450 g/mol. The van der Waals surface area contributed by atoms with Crippen LogP contribution >= 0.6 is 11.6 Å². The lowest BCUT2D eigenvalue weighted by Crippen LogP contribution is -2.42. The molecule has 2 aromatic rings. The van der Waals surface area contributed by atoms with Crippen molar-refractivity contribution in [2.45, 2.75) is 37.6 Å². The number of ether oxygens (including phenoxy) is 1. The number of hydrogen-bond donors (Lipinski definition) is 1. The van der Waals surface area contributed by atoms with Crippen LogP contribution in [0, 0.1) is 13.8 Å². The highest BCUT2D eigenvalue weighted by Gasteiger charge is 2.40. The van der Waals surface area contributed by atoms with Gasteiger partial charge < -0.3 is 10.1 Å². The molecule has 0 saturated carbocycles. The number of sulfonamides is 1. The second kappa shape index (κ2) is 9.16. The molecule has 1 saturated heterocycles. The maximum absolute atomic E-state index is 12.9. The highest BCUT2D eigenvalue weighted by Crippen LogP contribution is 2.27. The van der Waals surface area contributed by atoms with Crippen LogP contribution in [0.3, 0.4) is 0 Å². The van der Waals surface area contributed by atoms with E-state index in [2.05, 4.69) is 5.32 Å². The van der Waals surface area contributed by atoms with Crippen molar-refractivity contribution in [3.05, 3.63) is 58.6 Å². The van der Waals surface area contributed by atoms with Crippen molar-refractivity contribution in [2.24, 2.45) is 0 Å². The Balaban J connectivity index is 1.64. The number of anilines is 1. The number of aryl methyl sites for hydroxylation is 2. The molecule has 1 atom stereocenters. The molecule has 30 heavy (non-hydrogen) atoms. The van der Waals surface area contributed by atoms with Crippen molar-refractivity contribution < 1.29 is 22.7 Å². The highest BCUT2D eigenvalue weighted by molar-refractivity contribution is 7.89. The van der Waals surface area contributed by atoms with Crippen molar-refractivity contribution in [1.29, 1.82) is 0 Å². The van der Waals surface area contributed by atoms with E-state index < -0.39 is 34.5 Å². The third-order valence-corrected chi connectivity index (χ3v) is 7.16. The molecule has 0 aliphatic carbocycles. The average Bonchev–Trinajstić information content (AvgIpc) is 3.20. The van der Waals surface area contributed by atoms with E-state index in [1.54, 1.807) is 0 Å². The van der Waals surface area contributed by atoms with Crippen molar-refractivity contribution >= 4 is 39.2 Å². The van der Waals surface area contributed by atoms with Gasteiger partial charge in [-0.25, -0.2) is 8.42 Å². The van der Waals surface area contributed by atoms with E-state index in [-0.39, 0.29) is 11.4 Å². The van der Waals surface area contributed by atoms with Gasteiger partial charge in [0.05, 0.1) is 4.90 Å². The van der Waals surface area contributed by atoms with Crippen LogP contribution < -0.4 is 5.32 Å². The van der Waals surface area contributed by atoms with Gasteiger partial charge in [0.15, 0.2) is 6.61 Å². The maximum Gasteiger partial charge on any atom is 0.324 e. The molecule has 1 amide bonds. The minimum atomic E-state index is -3.87. The van der Waals surface area contributed by atoms with Crippen LogP contribution in [-0.4, -0.2) is 43.8 Å². The molecule has 1 aliphatic rings. The molecule has 1 heterocycles. The number of carbonyl (C=O) groups excluding carboxylic acids is 2. The van der Waals surface area contributed by atoms with E-state index in [0.29, 0.717) is 23.6 Å². The number of carbonyl (C=O) groups is 2. The lowest BCUT2D eigenvalue weighted by molar-refractivity contribution is -0.150. The minimum Gasteiger partial charge on any atom is -0.454 e. The van der Waals surface area contributed by atoms with E-state index in [0.717, 1.165) is 15.4 Å². The highest BCUT2D eigenvalue weighted by atomic mass is 35.5. The van der Waals surface area contributed by atoms with Crippen LogP contribution in [0.4, 0.5) is 5.69 Å². The lowest BCUT2D eigenvalue weighted by Gasteiger charge is -2.22. The Hall–Kier alpha value is -2.42. The number of esters is 1. The summed E-state index contributed by atoms with van der Waals surface area (Å²) < 4.78 is 32.1. The topological polar surface area (TPSA) is 92.8 Å². The first kappa shape index (κ1) is 22.3. The smallest absolute Gasteiger partial charge is 0.324 e. The molecule has 3 rings (SSSR count). The van der Waals surface area contributed by atoms with Crippen molar-refractivity contribution in [2.75, 3.05) is 18.5 Å². The largest absolute Gasteiger partial charge is 0.454 e. The summed E-state index contributed by atoms with van der Waals surface area (Å²) in [7, 11) is -3.87. The van der Waals surface area contributed by atoms with Gasteiger partial charge in [0, 0.05) is 17.3 Å². The Morgan fingerprint density at radius 1 is 1.13 bits per heavy atom. The van der Waals surface area contributed by atoms with E-state index in [9.17, 15) is 18.0 Å². The molecule has 9 heteroatoms. The maximum atomic E-state index is 12.9. The molecule has 1 N–H and O–H groups in total. The number of hydrogen-bond acceptors (Lipinski definition) is 5. The third kappa shape index (κ3) is 4.83. The van der Waals surface area contributed by atoms with Crippen LogP contribution in [0.2, 0.25) is 5.02 Å². The summed E-state index contributed by atoms with van der Waals surface area (Å²) in [4.78, 5) is 24.8. The van der Waals surface area contributed by atoms with E-state index in [4.69, 9.17) is 16.3 Å². The number of nitrogens with zero attached hydrogens (tertiary/aromatic N) is 1. The summed E-state index contributed by atoms with van der Waals surface area (Å²) in [6.07, 6.45) is 0.866. The molecule has 0 spiro atoms. The third-order valence-electron chi connectivity index (χ3n) is 4.99. The molecule has 7 nitrogen and oxygen atoms in total. The molecule has 1 aliphatic heterocycles. The standard InChI is InChI=1S/C21H23ClN2O5S/c1-14-5-3-6-15(2)20(14)23-19(25)13-29-21(26)18-7-4-12-24(18)30(27,28)17-10-8-16(22)9-11-17/h3,5-6,8-11,18H,4,7,12-13H2,1-2H3,(H,23,25). The van der Waals surface area contributed by atoms with Gasteiger partial charge in [-0.15, -0.1) is 0 Å². The van der Waals surface area contributed by atoms with E-state index in [1.165, 1.54) is 24.3 Å². The number of nitrogens with one attached hydrogen (secondary N) is 1. The van der Waals surface area contributed by atoms with Gasteiger partial charge in [-0.2, -0.15) is 4.31 Å². The van der Waals surface area contributed by atoms with Crippen LogP contribution in [-0.2, 0) is 24.3 Å². The quantitative estimate of drug-likeness (QED) is 0.681. The summed E-state index contributed by atoms with van der Waals surface area (Å²) in [5, 5.41) is 3.15. The fraction of sp³-hybridized carbons (Fsp3) is 0.333. The molecular formula is C21H23ClN2O5S. The molecular weight excluding hydrogens is 428 g/mol. The zero-order valence-electron chi connectivity index (χ0n) is 16.7. The summed E-state index contributed by atoms with van der Waals surface area (Å²) in [6, 6.07) is 10.4. The predicted octanol–water partition coefficient (Wildman–Crippen LogP) is 3.29. The van der Waals surface area contributed by atoms with Crippen LogP contribution in [0.25, 0.3) is 0 Å². The first-order valence-electron chi connectivity index (χ1n) is 9.50. The van der Waals surface area contributed by atoms with Gasteiger partial charge in [0.2, 0.25) is 10.0 Å². The Morgan fingerprint density at radius 2 is 1.77 bits per heavy atom. The summed E-state index contributed by atoms with van der Waals surface area (Å²) in [5.41, 5.74) is 2.46. The molecule has 1 unspecified atom stereocenters. The fourth-order valence-corrected chi connectivity index (χ4v) is 5.20. The van der Waals surface area contributed by atoms with Gasteiger partial charge in [-0.1, -0.05) is 29.8 Å². The van der Waals surface area contributed by atoms with Gasteiger partial charge in [0.1, 0.15) is 6.04 Å². The predicted molar refractivity (Wildman–Crippen MR) is 114 cm³/mol. The molecule has 0 bridgehead atoms. The van der Waals surface area contributed by atoms with Gasteiger partial charge >= 0.3 is 5.97 Å². The zero-order valence-corrected chi connectivity index (χ0v) is 18.3. The first-order chi connectivity index (χ1) is 14.2. The number of halogens is 1. The fourth-order valence-electron chi connectivity index (χ4n) is 3.43. The van der Waals surface area contributed by atoms with Crippen molar-refractivity contribution in [1.82, 2.24) is 4.31 Å². The summed E-state index contributed by atoms with van der Waals surface area (Å²) in [5.74, 6) is -1.22. The number of rotatable bonds is 6. The van der Waals surface area contributed by atoms with E-state index in [1.807, 2.05) is 32.0 Å². The second-order valence-corrected chi connectivity index (χ2v) is 9.48. The van der Waals surface area contributed by atoms with Crippen LogP contribution in [0.1, 0.15) is 24.0 Å². The minimum absolute atomic E-state index is 0.0550. The summed E-state index contributed by atoms with van der Waals surface area (Å²) in [6.45, 7) is 3.45. The number of benzene rings is 2. The van der Waals surface area contributed by atoms with Crippen LogP contribution in [0.5, 0.6) is 0 Å². The van der Waals surface area contributed by atoms with Crippen LogP contribution in [0.15, 0.2) is 47.4 Å². The molecule has 0 aromatic heterocycles. The SMILES string of the molecule is Cc1cccc(C)c1NC(=O)COC(=O)C1CCCN1S(=O)(=O)c1ccc(Cl)cc1. The van der Waals surface area contributed by atoms with Gasteiger partial charge in [0.25, 0.3) is 5.91 Å². The average molecular weight is 451 g/mol. The van der Waals surface area contributed by atoms with E-state index >= 15 is 0 Å². The number of amides is 1. The molecule has 2 aromatic carbocycles. The zero-order chi connectivity index (χ0) is 21.9. The molecule has 1 fully saturated rings. The van der Waals surface area contributed by atoms with Crippen molar-refractivity contribution in [3.8, 4) is 0 Å². The Bertz CT molecular complexity index is 1030. The van der Waals surface area contributed by atoms with Crippen molar-refractivity contribution in [3.63, 3.8) is 0 Å².